The first-order valence-corrected chi connectivity index (χ1v) is 15.7. The Morgan fingerprint density at radius 3 is 2.49 bits per heavy atom. The van der Waals surface area contributed by atoms with Crippen LogP contribution >= 0.6 is 34.7 Å². The lowest BCUT2D eigenvalue weighted by molar-refractivity contribution is -0.143. The molecule has 3 heterocycles. The van der Waals surface area contributed by atoms with Crippen LogP contribution in [0, 0.1) is 29.6 Å². The second kappa shape index (κ2) is 9.31. The summed E-state index contributed by atoms with van der Waals surface area (Å²) >= 11 is 9.08. The molecule has 10 heteroatoms. The van der Waals surface area contributed by atoms with Crippen LogP contribution in [0.2, 0.25) is 5.02 Å². The van der Waals surface area contributed by atoms with Gasteiger partial charge < -0.3 is 10.3 Å². The number of thiazole rings is 1. The van der Waals surface area contributed by atoms with Gasteiger partial charge in [0, 0.05) is 32.1 Å². The van der Waals surface area contributed by atoms with Crippen molar-refractivity contribution in [1.29, 1.82) is 0 Å². The maximum Gasteiger partial charge on any atom is 0.305 e. The van der Waals surface area contributed by atoms with Crippen molar-refractivity contribution >= 4 is 68.9 Å². The van der Waals surface area contributed by atoms with Crippen LogP contribution in [0.15, 0.2) is 76.6 Å². The van der Waals surface area contributed by atoms with Gasteiger partial charge in [-0.05, 0) is 53.3 Å². The zero-order valence-corrected chi connectivity index (χ0v) is 24.0. The van der Waals surface area contributed by atoms with Gasteiger partial charge >= 0.3 is 4.87 Å². The predicted octanol–water partition coefficient (Wildman–Crippen LogP) is 5.36. The van der Waals surface area contributed by atoms with E-state index in [0.717, 1.165) is 32.7 Å². The fourth-order valence-electron chi connectivity index (χ4n) is 7.95. The maximum absolute atomic E-state index is 13.8. The van der Waals surface area contributed by atoms with Crippen LogP contribution in [0.3, 0.4) is 0 Å². The molecule has 2 saturated carbocycles. The summed E-state index contributed by atoms with van der Waals surface area (Å²) in [5.41, 5.74) is 1.72. The number of anilines is 1. The largest absolute Gasteiger partial charge is 0.324 e. The highest BCUT2D eigenvalue weighted by atomic mass is 35.5. The second-order valence-electron chi connectivity index (χ2n) is 11.3. The first kappa shape index (κ1) is 25.3. The Bertz CT molecular complexity index is 1810. The van der Waals surface area contributed by atoms with E-state index >= 15 is 0 Å². The lowest BCUT2D eigenvalue weighted by Crippen LogP contribution is -2.42. The number of benzene rings is 3. The van der Waals surface area contributed by atoms with Crippen LogP contribution in [0.4, 0.5) is 5.69 Å². The Labute approximate surface area is 248 Å². The number of rotatable bonds is 4. The first-order chi connectivity index (χ1) is 19.9. The minimum atomic E-state index is -0.438. The quantitative estimate of drug-likeness (QED) is 0.307. The highest BCUT2D eigenvalue weighted by Crippen LogP contribution is 2.68. The predicted molar refractivity (Wildman–Crippen MR) is 159 cm³/mol. The molecule has 4 aliphatic rings. The van der Waals surface area contributed by atoms with E-state index in [0.29, 0.717) is 10.7 Å². The molecular weight excluding hydrogens is 578 g/mol. The summed E-state index contributed by atoms with van der Waals surface area (Å²) < 4.78 is 0. The fourth-order valence-corrected chi connectivity index (χ4v) is 11.0. The number of aromatic nitrogens is 1. The Balaban J connectivity index is 1.09. The molecule has 8 rings (SSSR count). The average Bonchev–Trinajstić information content (AvgIpc) is 3.70. The number of amides is 3. The molecular formula is C31H24ClN3O4S2. The maximum atomic E-state index is 13.8. The van der Waals surface area contributed by atoms with Gasteiger partial charge in [-0.1, -0.05) is 71.5 Å². The number of aromatic amines is 1. The number of hydrogen-bond donors (Lipinski definition) is 2. The second-order valence-corrected chi connectivity index (χ2v) is 14.0. The van der Waals surface area contributed by atoms with E-state index in [1.54, 1.807) is 11.8 Å². The molecule has 2 aliphatic carbocycles. The van der Waals surface area contributed by atoms with Crippen molar-refractivity contribution in [1.82, 2.24) is 9.88 Å². The number of fused-ring (bicyclic) bond motifs is 10. The van der Waals surface area contributed by atoms with E-state index in [1.165, 1.54) is 16.2 Å². The minimum Gasteiger partial charge on any atom is -0.324 e. The lowest BCUT2D eigenvalue weighted by atomic mass is 9.68. The summed E-state index contributed by atoms with van der Waals surface area (Å²) in [5, 5.41) is 6.42. The normalized spacial score (nSPS) is 29.5. The number of thioether (sulfide) groups is 1. The number of halogens is 1. The molecule has 1 aromatic heterocycles. The third kappa shape index (κ3) is 3.78. The Kier molecular flexibility index (Phi) is 5.75. The summed E-state index contributed by atoms with van der Waals surface area (Å²) in [6.07, 6.45) is 0.800. The standard InChI is InChI=1S/C31H24ClN3O4S2/c32-16-10-8-15(9-11-16)22-23-18-12-19(26(23)40-28-27(22)41-31(39)34-28)25-24(18)29(37)35(30(25)38)13-21(36)33-20-7-3-5-14-4-1-2-6-17(14)20/h1-11,18-19,22-26H,12-13H2,(H,33,36)(H,34,39)/t18?,19?,22-,23?,24?,25?,26?/m1/s1. The summed E-state index contributed by atoms with van der Waals surface area (Å²) in [5.74, 6) is -1.69. The van der Waals surface area contributed by atoms with Gasteiger partial charge in [-0.3, -0.25) is 24.1 Å². The monoisotopic (exact) mass is 601 g/mol. The van der Waals surface area contributed by atoms with E-state index in [1.807, 2.05) is 66.7 Å². The van der Waals surface area contributed by atoms with Crippen molar-refractivity contribution in [3.05, 3.63) is 91.9 Å². The van der Waals surface area contributed by atoms with E-state index in [2.05, 4.69) is 10.3 Å². The topological polar surface area (TPSA) is 99.3 Å². The SMILES string of the molecule is O=C(CN1C(=O)C2C3CC(C2C1=O)C1C3Sc2[nH]c(=O)sc2[C@@H]1c1ccc(Cl)cc1)Nc1cccc2ccccc12. The smallest absolute Gasteiger partial charge is 0.305 e. The number of H-pyrrole nitrogens is 1. The van der Waals surface area contributed by atoms with Crippen LogP contribution in [-0.2, 0) is 14.4 Å². The third-order valence-corrected chi connectivity index (χ3v) is 12.3. The van der Waals surface area contributed by atoms with Gasteiger partial charge in [0.05, 0.1) is 16.9 Å². The molecule has 1 saturated heterocycles. The molecule has 3 fully saturated rings. The molecule has 7 atom stereocenters. The molecule has 2 bridgehead atoms. The number of imide groups is 1. The molecule has 6 unspecified atom stereocenters. The number of hydrogen-bond acceptors (Lipinski definition) is 6. The van der Waals surface area contributed by atoms with Crippen molar-refractivity contribution < 1.29 is 14.4 Å². The third-order valence-electron chi connectivity index (χ3n) is 9.41. The van der Waals surface area contributed by atoms with Gasteiger partial charge in [-0.25, -0.2) is 0 Å². The van der Waals surface area contributed by atoms with Gasteiger partial charge in [0.25, 0.3) is 0 Å². The zero-order valence-electron chi connectivity index (χ0n) is 21.6. The first-order valence-electron chi connectivity index (χ1n) is 13.7. The Morgan fingerprint density at radius 1 is 0.951 bits per heavy atom. The number of carbonyl (C=O) groups excluding carboxylic acids is 3. The van der Waals surface area contributed by atoms with Crippen molar-refractivity contribution in [3.63, 3.8) is 0 Å². The summed E-state index contributed by atoms with van der Waals surface area (Å²) in [4.78, 5) is 58.3. The molecule has 2 N–H and O–H groups in total. The molecule has 3 aromatic carbocycles. The molecule has 7 nitrogen and oxygen atoms in total. The molecule has 41 heavy (non-hydrogen) atoms. The van der Waals surface area contributed by atoms with Gasteiger partial charge in [0.1, 0.15) is 6.54 Å². The van der Waals surface area contributed by atoms with Gasteiger partial charge in [-0.15, -0.1) is 11.8 Å². The van der Waals surface area contributed by atoms with Gasteiger partial charge in [-0.2, -0.15) is 0 Å². The van der Waals surface area contributed by atoms with Crippen LogP contribution in [0.5, 0.6) is 0 Å². The molecule has 4 aromatic rings. The average molecular weight is 602 g/mol. The molecule has 0 radical (unpaired) electrons. The van der Waals surface area contributed by atoms with E-state index in [4.69, 9.17) is 11.6 Å². The van der Waals surface area contributed by atoms with Crippen molar-refractivity contribution in [2.24, 2.45) is 29.6 Å². The number of likely N-dealkylation sites (tertiary alicyclic amines) is 1. The van der Waals surface area contributed by atoms with Gasteiger partial charge in [0.2, 0.25) is 17.7 Å². The molecule has 2 aliphatic heterocycles. The zero-order chi connectivity index (χ0) is 28.0. The molecule has 3 amide bonds. The highest BCUT2D eigenvalue weighted by Gasteiger charge is 2.69. The fraction of sp³-hybridized carbons (Fsp3) is 0.290. The van der Waals surface area contributed by atoms with Crippen LogP contribution in [0.25, 0.3) is 10.8 Å². The number of carbonyl (C=O) groups is 3. The molecule has 0 spiro atoms. The van der Waals surface area contributed by atoms with Crippen LogP contribution in [0.1, 0.15) is 22.8 Å². The highest BCUT2D eigenvalue weighted by molar-refractivity contribution is 8.00. The van der Waals surface area contributed by atoms with Crippen molar-refractivity contribution in [2.45, 2.75) is 22.6 Å². The van der Waals surface area contributed by atoms with Crippen LogP contribution < -0.4 is 10.2 Å². The van der Waals surface area contributed by atoms with Gasteiger partial charge in [0.15, 0.2) is 0 Å². The minimum absolute atomic E-state index is 0.00360. The number of nitrogens with zero attached hydrogens (tertiary/aromatic N) is 1. The summed E-state index contributed by atoms with van der Waals surface area (Å²) in [7, 11) is 0. The van der Waals surface area contributed by atoms with E-state index in [-0.39, 0.29) is 58.1 Å². The summed E-state index contributed by atoms with van der Waals surface area (Å²) in [6.45, 7) is -0.295. The Hall–Kier alpha value is -3.40. The van der Waals surface area contributed by atoms with E-state index < -0.39 is 11.8 Å². The van der Waals surface area contributed by atoms with Crippen LogP contribution in [-0.4, -0.2) is 39.4 Å². The summed E-state index contributed by atoms with van der Waals surface area (Å²) in [6, 6.07) is 21.1. The van der Waals surface area contributed by atoms with E-state index in [9.17, 15) is 19.2 Å². The lowest BCUT2D eigenvalue weighted by Gasteiger charge is -2.43. The Morgan fingerprint density at radius 2 is 1.68 bits per heavy atom. The number of nitrogens with one attached hydrogen (secondary N) is 2. The molecule has 206 valence electrons. The van der Waals surface area contributed by atoms with Crippen molar-refractivity contribution in [2.75, 3.05) is 11.9 Å². The van der Waals surface area contributed by atoms with Crippen molar-refractivity contribution in [3.8, 4) is 0 Å².